The third-order valence-electron chi connectivity index (χ3n) is 3.95. The predicted molar refractivity (Wildman–Crippen MR) is 95.7 cm³/mol. The van der Waals surface area contributed by atoms with Gasteiger partial charge in [-0.05, 0) is 18.2 Å². The van der Waals surface area contributed by atoms with Crippen molar-refractivity contribution in [1.82, 2.24) is 19.6 Å². The van der Waals surface area contributed by atoms with Crippen molar-refractivity contribution >= 4 is 11.6 Å². The van der Waals surface area contributed by atoms with Gasteiger partial charge in [-0.2, -0.15) is 10.2 Å². The highest BCUT2D eigenvalue weighted by Crippen LogP contribution is 2.31. The number of para-hydroxylation sites is 2. The van der Waals surface area contributed by atoms with Crippen molar-refractivity contribution in [1.29, 1.82) is 0 Å². The van der Waals surface area contributed by atoms with Crippen molar-refractivity contribution in [2.45, 2.75) is 19.2 Å². The second-order valence-corrected chi connectivity index (χ2v) is 6.02. The van der Waals surface area contributed by atoms with Gasteiger partial charge in [0.1, 0.15) is 13.2 Å². The van der Waals surface area contributed by atoms with Crippen LogP contribution in [0.2, 0.25) is 0 Å². The lowest BCUT2D eigenvalue weighted by Crippen LogP contribution is -2.33. The highest BCUT2D eigenvalue weighted by atomic mass is 16.6. The standard InChI is InChI=1S/C18H17N5O4/c24-17(11-23-18(25)6-3-7-19-23)21-13-8-20-22(9-13)10-14-12-26-15-4-1-2-5-16(15)27-14/h1-9,14H,10-12H2,(H,21,24). The number of benzene rings is 1. The van der Waals surface area contributed by atoms with E-state index in [-0.39, 0.29) is 24.1 Å². The van der Waals surface area contributed by atoms with Gasteiger partial charge in [0, 0.05) is 18.5 Å². The Balaban J connectivity index is 1.34. The molecule has 0 radical (unpaired) electrons. The lowest BCUT2D eigenvalue weighted by molar-refractivity contribution is -0.117. The summed E-state index contributed by atoms with van der Waals surface area (Å²) in [7, 11) is 0. The van der Waals surface area contributed by atoms with Crippen LogP contribution in [0.15, 0.2) is 59.8 Å². The zero-order chi connectivity index (χ0) is 18.6. The Kier molecular flexibility index (Phi) is 4.56. The number of ether oxygens (including phenoxy) is 2. The number of hydrogen-bond acceptors (Lipinski definition) is 6. The first kappa shape index (κ1) is 16.8. The molecule has 27 heavy (non-hydrogen) atoms. The number of aromatic nitrogens is 4. The lowest BCUT2D eigenvalue weighted by atomic mass is 10.2. The van der Waals surface area contributed by atoms with Gasteiger partial charge in [-0.1, -0.05) is 12.1 Å². The number of nitrogens with one attached hydrogen (secondary N) is 1. The molecular weight excluding hydrogens is 350 g/mol. The Labute approximate surface area is 154 Å². The van der Waals surface area contributed by atoms with Crippen LogP contribution in [0, 0.1) is 0 Å². The van der Waals surface area contributed by atoms with Crippen molar-refractivity contribution in [2.24, 2.45) is 0 Å². The largest absolute Gasteiger partial charge is 0.486 e. The van der Waals surface area contributed by atoms with E-state index in [9.17, 15) is 9.59 Å². The third-order valence-corrected chi connectivity index (χ3v) is 3.95. The molecule has 2 aromatic heterocycles. The van der Waals surface area contributed by atoms with Crippen LogP contribution < -0.4 is 20.3 Å². The van der Waals surface area contributed by atoms with E-state index in [4.69, 9.17) is 9.47 Å². The minimum absolute atomic E-state index is 0.165. The maximum Gasteiger partial charge on any atom is 0.267 e. The quantitative estimate of drug-likeness (QED) is 0.720. The Morgan fingerprint density at radius 3 is 2.89 bits per heavy atom. The van der Waals surface area contributed by atoms with Crippen LogP contribution in [-0.2, 0) is 17.9 Å². The highest BCUT2D eigenvalue weighted by molar-refractivity contribution is 5.90. The number of anilines is 1. The van der Waals surface area contributed by atoms with Crippen molar-refractivity contribution in [3.05, 3.63) is 65.3 Å². The minimum Gasteiger partial charge on any atom is -0.486 e. The van der Waals surface area contributed by atoms with Gasteiger partial charge >= 0.3 is 0 Å². The fourth-order valence-electron chi connectivity index (χ4n) is 2.73. The molecule has 1 aromatic carbocycles. The molecule has 1 amide bonds. The summed E-state index contributed by atoms with van der Waals surface area (Å²) in [4.78, 5) is 23.7. The minimum atomic E-state index is -0.360. The molecule has 4 rings (SSSR count). The highest BCUT2D eigenvalue weighted by Gasteiger charge is 2.21. The second kappa shape index (κ2) is 7.32. The number of carbonyl (C=O) groups is 1. The topological polar surface area (TPSA) is 100 Å². The van der Waals surface area contributed by atoms with E-state index in [1.165, 1.54) is 24.5 Å². The Bertz CT molecular complexity index is 1010. The van der Waals surface area contributed by atoms with Crippen molar-refractivity contribution in [2.75, 3.05) is 11.9 Å². The Morgan fingerprint density at radius 1 is 1.19 bits per heavy atom. The molecule has 0 bridgehead atoms. The van der Waals surface area contributed by atoms with Crippen LogP contribution in [0.3, 0.4) is 0 Å². The summed E-state index contributed by atoms with van der Waals surface area (Å²) in [5.74, 6) is 1.07. The molecule has 3 heterocycles. The molecule has 0 spiro atoms. The molecule has 9 nitrogen and oxygen atoms in total. The Morgan fingerprint density at radius 2 is 2.04 bits per heavy atom. The van der Waals surface area contributed by atoms with Gasteiger partial charge in [-0.3, -0.25) is 14.3 Å². The van der Waals surface area contributed by atoms with Crippen LogP contribution in [0.5, 0.6) is 11.5 Å². The van der Waals surface area contributed by atoms with E-state index in [2.05, 4.69) is 15.5 Å². The van der Waals surface area contributed by atoms with E-state index >= 15 is 0 Å². The van der Waals surface area contributed by atoms with Gasteiger partial charge in [0.05, 0.1) is 18.4 Å². The first-order valence-corrected chi connectivity index (χ1v) is 8.40. The molecule has 1 aliphatic heterocycles. The van der Waals surface area contributed by atoms with Gasteiger partial charge in [0.2, 0.25) is 5.91 Å². The summed E-state index contributed by atoms with van der Waals surface area (Å²) >= 11 is 0. The summed E-state index contributed by atoms with van der Waals surface area (Å²) < 4.78 is 14.3. The van der Waals surface area contributed by atoms with Crippen LogP contribution in [0.1, 0.15) is 0 Å². The third kappa shape index (κ3) is 3.97. The molecule has 9 heteroatoms. The number of amides is 1. The second-order valence-electron chi connectivity index (χ2n) is 6.02. The molecule has 1 aliphatic rings. The normalized spacial score (nSPS) is 15.3. The van der Waals surface area contributed by atoms with E-state index in [1.807, 2.05) is 24.3 Å². The summed E-state index contributed by atoms with van der Waals surface area (Å²) in [5.41, 5.74) is 0.194. The van der Waals surface area contributed by atoms with Gasteiger partial charge in [-0.15, -0.1) is 0 Å². The average molecular weight is 367 g/mol. The Hall–Kier alpha value is -3.62. The summed E-state index contributed by atoms with van der Waals surface area (Å²) in [6, 6.07) is 10.4. The molecule has 138 valence electrons. The first-order chi connectivity index (χ1) is 13.2. The maximum atomic E-state index is 12.1. The molecule has 0 saturated carbocycles. The molecule has 1 unspecified atom stereocenters. The van der Waals surface area contributed by atoms with Crippen molar-refractivity contribution < 1.29 is 14.3 Å². The fraction of sp³-hybridized carbons (Fsp3) is 0.222. The lowest BCUT2D eigenvalue weighted by Gasteiger charge is -2.26. The molecule has 3 aromatic rings. The van der Waals surface area contributed by atoms with E-state index in [0.717, 1.165) is 10.4 Å². The number of hydrogen-bond donors (Lipinski definition) is 1. The van der Waals surface area contributed by atoms with E-state index in [0.29, 0.717) is 24.6 Å². The molecule has 1 N–H and O–H groups in total. The SMILES string of the molecule is O=C(Cn1ncccc1=O)Nc1cnn(CC2COc3ccccc3O2)c1. The zero-order valence-corrected chi connectivity index (χ0v) is 14.3. The van der Waals surface area contributed by atoms with Gasteiger partial charge < -0.3 is 14.8 Å². The molecule has 0 saturated heterocycles. The van der Waals surface area contributed by atoms with E-state index < -0.39 is 0 Å². The van der Waals surface area contributed by atoms with Crippen molar-refractivity contribution in [3.8, 4) is 11.5 Å². The van der Waals surface area contributed by atoms with Crippen LogP contribution in [0.4, 0.5) is 5.69 Å². The number of rotatable bonds is 5. The number of carbonyl (C=O) groups excluding carboxylic acids is 1. The van der Waals surface area contributed by atoms with Crippen molar-refractivity contribution in [3.63, 3.8) is 0 Å². The number of nitrogens with zero attached hydrogens (tertiary/aromatic N) is 4. The fourth-order valence-corrected chi connectivity index (χ4v) is 2.73. The molecule has 0 aliphatic carbocycles. The molecule has 0 fully saturated rings. The number of fused-ring (bicyclic) bond motifs is 1. The van der Waals surface area contributed by atoms with Crippen LogP contribution in [-0.4, -0.2) is 38.2 Å². The monoisotopic (exact) mass is 367 g/mol. The first-order valence-electron chi connectivity index (χ1n) is 8.40. The van der Waals surface area contributed by atoms with Gasteiger partial charge in [0.15, 0.2) is 17.6 Å². The smallest absolute Gasteiger partial charge is 0.267 e. The molecular formula is C18H17N5O4. The maximum absolute atomic E-state index is 12.1. The van der Waals surface area contributed by atoms with Crippen LogP contribution in [0.25, 0.3) is 0 Å². The average Bonchev–Trinajstić information content (AvgIpc) is 3.10. The van der Waals surface area contributed by atoms with Crippen LogP contribution >= 0.6 is 0 Å². The van der Waals surface area contributed by atoms with Gasteiger partial charge in [-0.25, -0.2) is 4.68 Å². The predicted octanol–water partition coefficient (Wildman–Crippen LogP) is 0.918. The van der Waals surface area contributed by atoms with Gasteiger partial charge in [0.25, 0.3) is 5.56 Å². The summed E-state index contributed by atoms with van der Waals surface area (Å²) in [6.07, 6.45) is 4.51. The summed E-state index contributed by atoms with van der Waals surface area (Å²) in [6.45, 7) is 0.728. The zero-order valence-electron chi connectivity index (χ0n) is 14.3. The summed E-state index contributed by atoms with van der Waals surface area (Å²) in [5, 5.41) is 10.8. The van der Waals surface area contributed by atoms with E-state index in [1.54, 1.807) is 10.9 Å². The molecule has 1 atom stereocenters.